The summed E-state index contributed by atoms with van der Waals surface area (Å²) in [5.41, 5.74) is 3.23. The first-order chi connectivity index (χ1) is 12.2. The number of para-hydroxylation sites is 2. The lowest BCUT2D eigenvalue weighted by molar-refractivity contribution is 0.115. The van der Waals surface area contributed by atoms with Gasteiger partial charge in [-0.3, -0.25) is 4.90 Å². The van der Waals surface area contributed by atoms with E-state index >= 15 is 0 Å². The highest BCUT2D eigenvalue weighted by Crippen LogP contribution is 2.39. The summed E-state index contributed by atoms with van der Waals surface area (Å²) < 4.78 is 0. The summed E-state index contributed by atoms with van der Waals surface area (Å²) in [6.45, 7) is 5.20. The van der Waals surface area contributed by atoms with Crippen molar-refractivity contribution in [3.63, 3.8) is 0 Å². The molecule has 0 amide bonds. The lowest BCUT2D eigenvalue weighted by Crippen LogP contribution is -2.53. The summed E-state index contributed by atoms with van der Waals surface area (Å²) in [5, 5.41) is 14.1. The van der Waals surface area contributed by atoms with Crippen LogP contribution in [0.5, 0.6) is 0 Å². The first-order valence-corrected chi connectivity index (χ1v) is 9.59. The van der Waals surface area contributed by atoms with Crippen molar-refractivity contribution in [1.82, 2.24) is 9.80 Å². The number of amidine groups is 1. The van der Waals surface area contributed by atoms with E-state index in [-0.39, 0.29) is 6.61 Å². The number of thiophene rings is 1. The Morgan fingerprint density at radius 2 is 2.16 bits per heavy atom. The Hall–Kier alpha value is -1.89. The Kier molecular flexibility index (Phi) is 4.50. The Balaban J connectivity index is 1.75. The van der Waals surface area contributed by atoms with Crippen LogP contribution in [-0.2, 0) is 0 Å². The fraction of sp³-hybridized carbons (Fsp3) is 0.421. The number of aliphatic hydroxyl groups is 1. The van der Waals surface area contributed by atoms with E-state index in [0.29, 0.717) is 6.04 Å². The molecule has 1 fully saturated rings. The Bertz CT molecular complexity index is 800. The third-order valence-corrected chi connectivity index (χ3v) is 5.98. The second kappa shape index (κ2) is 6.78. The maximum atomic E-state index is 9.39. The number of piperazine rings is 1. The number of benzene rings is 1. The first-order valence-electron chi connectivity index (χ1n) is 8.77. The molecule has 0 bridgehead atoms. The lowest BCUT2D eigenvalue weighted by Gasteiger charge is -2.40. The zero-order chi connectivity index (χ0) is 17.4. The van der Waals surface area contributed by atoms with E-state index in [1.54, 1.807) is 11.3 Å². The van der Waals surface area contributed by atoms with Crippen LogP contribution in [0, 0.1) is 6.92 Å². The molecule has 1 unspecified atom stereocenters. The van der Waals surface area contributed by atoms with Gasteiger partial charge < -0.3 is 15.3 Å². The van der Waals surface area contributed by atoms with Gasteiger partial charge in [-0.1, -0.05) is 12.1 Å². The van der Waals surface area contributed by atoms with Gasteiger partial charge in [-0.25, -0.2) is 4.99 Å². The highest BCUT2D eigenvalue weighted by molar-refractivity contribution is 7.16. The number of nitrogens with zero attached hydrogens (tertiary/aromatic N) is 3. The van der Waals surface area contributed by atoms with Crippen LogP contribution in [0.4, 0.5) is 16.4 Å². The van der Waals surface area contributed by atoms with Gasteiger partial charge in [-0.2, -0.15) is 0 Å². The molecule has 132 valence electrons. The standard InChI is InChI=1S/C19H24N4OS/c1-13-11-15-18(23-9-8-22(2)14(12-23)7-10-24)20-16-5-3-4-6-17(16)21-19(15)25-13/h3-6,11,14,21,24H,7-10,12H2,1-2H3. The number of nitrogens with one attached hydrogen (secondary N) is 1. The molecule has 1 atom stereocenters. The molecular weight excluding hydrogens is 332 g/mol. The second-order valence-corrected chi connectivity index (χ2v) is 8.03. The molecule has 1 saturated heterocycles. The van der Waals surface area contributed by atoms with Gasteiger partial charge in [0.1, 0.15) is 10.8 Å². The van der Waals surface area contributed by atoms with E-state index in [1.165, 1.54) is 15.4 Å². The molecule has 3 heterocycles. The van der Waals surface area contributed by atoms with Crippen LogP contribution in [0.2, 0.25) is 0 Å². The van der Waals surface area contributed by atoms with Crippen LogP contribution in [-0.4, -0.2) is 60.1 Å². The molecule has 2 aromatic rings. The average molecular weight is 356 g/mol. The van der Waals surface area contributed by atoms with Crippen molar-refractivity contribution in [3.8, 4) is 0 Å². The molecule has 6 heteroatoms. The summed E-state index contributed by atoms with van der Waals surface area (Å²) in [6, 6.07) is 10.8. The average Bonchev–Trinajstić information content (AvgIpc) is 2.89. The number of aryl methyl sites for hydroxylation is 1. The van der Waals surface area contributed by atoms with E-state index in [4.69, 9.17) is 4.99 Å². The van der Waals surface area contributed by atoms with Gasteiger partial charge in [0.2, 0.25) is 0 Å². The maximum absolute atomic E-state index is 9.39. The van der Waals surface area contributed by atoms with Crippen molar-refractivity contribution >= 4 is 33.5 Å². The summed E-state index contributed by atoms with van der Waals surface area (Å²) in [5.74, 6) is 1.05. The lowest BCUT2D eigenvalue weighted by atomic mass is 10.1. The third-order valence-electron chi connectivity index (χ3n) is 5.01. The number of likely N-dealkylation sites (N-methyl/N-ethyl adjacent to an activating group) is 1. The molecule has 0 saturated carbocycles. The van der Waals surface area contributed by atoms with E-state index in [0.717, 1.165) is 43.3 Å². The predicted molar refractivity (Wildman–Crippen MR) is 105 cm³/mol. The molecule has 0 radical (unpaired) electrons. The van der Waals surface area contributed by atoms with Gasteiger partial charge in [-0.15, -0.1) is 11.3 Å². The normalized spacial score (nSPS) is 20.4. The highest BCUT2D eigenvalue weighted by atomic mass is 32.1. The SMILES string of the molecule is Cc1cc2c(s1)Nc1ccccc1N=C2N1CCN(C)C(CCO)C1. The Morgan fingerprint density at radius 1 is 1.32 bits per heavy atom. The van der Waals surface area contributed by atoms with E-state index in [1.807, 2.05) is 12.1 Å². The first kappa shape index (κ1) is 16.6. The topological polar surface area (TPSA) is 51.1 Å². The van der Waals surface area contributed by atoms with Crippen LogP contribution >= 0.6 is 11.3 Å². The highest BCUT2D eigenvalue weighted by Gasteiger charge is 2.29. The molecule has 4 rings (SSSR count). The largest absolute Gasteiger partial charge is 0.396 e. The molecule has 1 aromatic carbocycles. The number of anilines is 2. The Labute approximate surface area is 152 Å². The van der Waals surface area contributed by atoms with Crippen molar-refractivity contribution in [2.24, 2.45) is 4.99 Å². The van der Waals surface area contributed by atoms with E-state index in [2.05, 4.69) is 47.3 Å². The van der Waals surface area contributed by atoms with Crippen molar-refractivity contribution in [2.75, 3.05) is 38.6 Å². The van der Waals surface area contributed by atoms with Gasteiger partial charge in [0.25, 0.3) is 0 Å². The zero-order valence-corrected chi connectivity index (χ0v) is 15.5. The molecule has 2 aliphatic heterocycles. The molecule has 5 nitrogen and oxygen atoms in total. The minimum Gasteiger partial charge on any atom is -0.396 e. The zero-order valence-electron chi connectivity index (χ0n) is 14.7. The number of hydrogen-bond donors (Lipinski definition) is 2. The fourth-order valence-electron chi connectivity index (χ4n) is 3.59. The molecule has 1 aromatic heterocycles. The number of fused-ring (bicyclic) bond motifs is 2. The number of aliphatic hydroxyl groups excluding tert-OH is 1. The maximum Gasteiger partial charge on any atom is 0.139 e. The van der Waals surface area contributed by atoms with E-state index < -0.39 is 0 Å². The van der Waals surface area contributed by atoms with Crippen molar-refractivity contribution < 1.29 is 5.11 Å². The van der Waals surface area contributed by atoms with Crippen molar-refractivity contribution in [1.29, 1.82) is 0 Å². The fourth-order valence-corrected chi connectivity index (χ4v) is 4.51. The second-order valence-electron chi connectivity index (χ2n) is 6.77. The number of hydrogen-bond acceptors (Lipinski definition) is 6. The molecule has 25 heavy (non-hydrogen) atoms. The molecule has 2 aliphatic rings. The van der Waals surface area contributed by atoms with Gasteiger partial charge in [0.05, 0.1) is 16.9 Å². The van der Waals surface area contributed by atoms with Crippen LogP contribution in [0.25, 0.3) is 0 Å². The minimum absolute atomic E-state index is 0.225. The quantitative estimate of drug-likeness (QED) is 0.868. The van der Waals surface area contributed by atoms with Gasteiger partial charge >= 0.3 is 0 Å². The summed E-state index contributed by atoms with van der Waals surface area (Å²) in [6.07, 6.45) is 0.796. The minimum atomic E-state index is 0.225. The van der Waals surface area contributed by atoms with Crippen molar-refractivity contribution in [3.05, 3.63) is 40.8 Å². The number of rotatable bonds is 2. The van der Waals surface area contributed by atoms with Crippen LogP contribution < -0.4 is 5.32 Å². The van der Waals surface area contributed by atoms with E-state index in [9.17, 15) is 5.11 Å². The number of aliphatic imine (C=N–C) groups is 1. The third kappa shape index (κ3) is 3.17. The Morgan fingerprint density at radius 3 is 3.00 bits per heavy atom. The smallest absolute Gasteiger partial charge is 0.139 e. The summed E-state index contributed by atoms with van der Waals surface area (Å²) in [7, 11) is 2.14. The van der Waals surface area contributed by atoms with Gasteiger partial charge in [0.15, 0.2) is 0 Å². The van der Waals surface area contributed by atoms with Crippen LogP contribution in [0.1, 0.15) is 16.9 Å². The summed E-state index contributed by atoms with van der Waals surface area (Å²) in [4.78, 5) is 11.1. The predicted octanol–water partition coefficient (Wildman–Crippen LogP) is 3.19. The van der Waals surface area contributed by atoms with Crippen LogP contribution in [0.3, 0.4) is 0 Å². The molecular formula is C19H24N4OS. The van der Waals surface area contributed by atoms with Gasteiger partial charge in [0, 0.05) is 37.2 Å². The molecule has 0 aliphatic carbocycles. The van der Waals surface area contributed by atoms with Crippen molar-refractivity contribution in [2.45, 2.75) is 19.4 Å². The molecule has 2 N–H and O–H groups in total. The molecule has 0 spiro atoms. The van der Waals surface area contributed by atoms with Gasteiger partial charge in [-0.05, 0) is 38.6 Å². The monoisotopic (exact) mass is 356 g/mol. The summed E-state index contributed by atoms with van der Waals surface area (Å²) >= 11 is 1.78. The van der Waals surface area contributed by atoms with Crippen LogP contribution in [0.15, 0.2) is 35.3 Å².